The van der Waals surface area contributed by atoms with E-state index in [1.807, 2.05) is 24.3 Å². The highest BCUT2D eigenvalue weighted by atomic mass is 16.6. The van der Waals surface area contributed by atoms with E-state index in [2.05, 4.69) is 93.7 Å². The fourth-order valence-corrected chi connectivity index (χ4v) is 8.42. The third-order valence-corrected chi connectivity index (χ3v) is 13.0. The molecule has 0 heterocycles. The van der Waals surface area contributed by atoms with Gasteiger partial charge in [0.25, 0.3) is 0 Å². The minimum atomic E-state index is -0.800. The SMILES string of the molecule is CCC\C=C/C=C\C=C/C=C\C=C/CCCCCCCC(=O)OCC(COC(=O)CCCCCCCCCCCCCCCCCCCC)OC(=O)CCCCCCC\C=C/C=C\C=C/CCCCCCC. The van der Waals surface area contributed by atoms with Gasteiger partial charge < -0.3 is 14.2 Å². The zero-order chi connectivity index (χ0) is 52.2. The lowest BCUT2D eigenvalue weighted by molar-refractivity contribution is -0.167. The number of carbonyl (C=O) groups excluding carboxylic acids is 3. The van der Waals surface area contributed by atoms with Crippen LogP contribution in [-0.2, 0) is 28.6 Å². The maximum atomic E-state index is 12.9. The van der Waals surface area contributed by atoms with Gasteiger partial charge in [0.2, 0.25) is 0 Å². The Kier molecular flexibility index (Phi) is 56.8. The van der Waals surface area contributed by atoms with Crippen LogP contribution in [0.2, 0.25) is 0 Å². The summed E-state index contributed by atoms with van der Waals surface area (Å²) in [7, 11) is 0. The van der Waals surface area contributed by atoms with E-state index in [9.17, 15) is 14.4 Å². The number of rotatable bonds is 54. The van der Waals surface area contributed by atoms with Crippen LogP contribution >= 0.6 is 0 Å². The first kappa shape index (κ1) is 68.3. The molecule has 0 saturated heterocycles. The van der Waals surface area contributed by atoms with Crippen LogP contribution < -0.4 is 0 Å². The Morgan fingerprint density at radius 3 is 0.833 bits per heavy atom. The van der Waals surface area contributed by atoms with E-state index in [-0.39, 0.29) is 31.1 Å². The van der Waals surface area contributed by atoms with E-state index < -0.39 is 6.10 Å². The van der Waals surface area contributed by atoms with Crippen molar-refractivity contribution in [1.29, 1.82) is 0 Å². The van der Waals surface area contributed by atoms with Crippen molar-refractivity contribution in [2.75, 3.05) is 13.2 Å². The second-order valence-corrected chi connectivity index (χ2v) is 20.1. The Hall–Kier alpha value is -3.67. The van der Waals surface area contributed by atoms with Crippen LogP contribution in [-0.4, -0.2) is 37.2 Å². The standard InChI is InChI=1S/C66H112O6/c1-4-7-10-13-16-19-22-25-28-31-34-37-40-43-46-49-52-55-58-64(67)70-61-63(72-66(69)60-57-54-51-48-45-42-39-36-33-30-27-24-21-18-15-12-9-6-3)62-71-65(68)59-56-53-50-47-44-41-38-35-32-29-26-23-20-17-14-11-8-5-2/h10,13,16,19,22,24-25,27-28,30-31,33-34,36-37,39,63H,4-9,11-12,14-15,17-18,20-21,23,26,29,32,35,38,40-62H2,1-3H3/b13-10-,19-16-,25-22-,27-24-,31-28-,33-30-,37-34-,39-36-. The molecule has 0 bridgehead atoms. The highest BCUT2D eigenvalue weighted by Gasteiger charge is 2.19. The molecule has 1 unspecified atom stereocenters. The Morgan fingerprint density at radius 1 is 0.278 bits per heavy atom. The smallest absolute Gasteiger partial charge is 0.306 e. The van der Waals surface area contributed by atoms with Gasteiger partial charge in [0.1, 0.15) is 13.2 Å². The molecule has 0 aromatic rings. The summed E-state index contributed by atoms with van der Waals surface area (Å²) in [5, 5.41) is 0. The highest BCUT2D eigenvalue weighted by Crippen LogP contribution is 2.16. The largest absolute Gasteiger partial charge is 0.462 e. The van der Waals surface area contributed by atoms with Crippen molar-refractivity contribution >= 4 is 17.9 Å². The number of carbonyl (C=O) groups is 3. The van der Waals surface area contributed by atoms with E-state index in [1.54, 1.807) is 0 Å². The fraction of sp³-hybridized carbons (Fsp3) is 0.712. The predicted molar refractivity (Wildman–Crippen MR) is 311 cm³/mol. The van der Waals surface area contributed by atoms with Crippen LogP contribution in [0.3, 0.4) is 0 Å². The second kappa shape index (κ2) is 59.9. The fourth-order valence-electron chi connectivity index (χ4n) is 8.42. The first-order valence-corrected chi connectivity index (χ1v) is 30.3. The number of esters is 3. The number of ether oxygens (including phenoxy) is 3. The summed E-state index contributed by atoms with van der Waals surface area (Å²) in [5.41, 5.74) is 0. The molecule has 1 atom stereocenters. The van der Waals surface area contributed by atoms with Gasteiger partial charge in [-0.3, -0.25) is 14.4 Å². The molecule has 412 valence electrons. The highest BCUT2D eigenvalue weighted by molar-refractivity contribution is 5.71. The summed E-state index contributed by atoms with van der Waals surface area (Å²) in [6.45, 7) is 6.52. The first-order chi connectivity index (χ1) is 35.5. The molecule has 0 aromatic heterocycles. The molecule has 72 heavy (non-hydrogen) atoms. The molecule has 0 radical (unpaired) electrons. The lowest BCUT2D eigenvalue weighted by atomic mass is 10.0. The number of allylic oxidation sites excluding steroid dienone is 16. The van der Waals surface area contributed by atoms with Crippen molar-refractivity contribution in [2.24, 2.45) is 0 Å². The summed E-state index contributed by atoms with van der Waals surface area (Å²) < 4.78 is 16.9. The van der Waals surface area contributed by atoms with Crippen LogP contribution in [0.5, 0.6) is 0 Å². The maximum Gasteiger partial charge on any atom is 0.306 e. The topological polar surface area (TPSA) is 78.9 Å². The maximum absolute atomic E-state index is 12.9. The third kappa shape index (κ3) is 57.2. The summed E-state index contributed by atoms with van der Waals surface area (Å²) in [6.07, 6.45) is 79.6. The van der Waals surface area contributed by atoms with Gasteiger partial charge in [0.05, 0.1) is 0 Å². The van der Waals surface area contributed by atoms with Gasteiger partial charge in [-0.1, -0.05) is 298 Å². The lowest BCUT2D eigenvalue weighted by Gasteiger charge is -2.18. The molecule has 0 aliphatic carbocycles. The molecular weight excluding hydrogens is 889 g/mol. The zero-order valence-electron chi connectivity index (χ0n) is 47.2. The van der Waals surface area contributed by atoms with Crippen molar-refractivity contribution in [3.05, 3.63) is 97.2 Å². The predicted octanol–water partition coefficient (Wildman–Crippen LogP) is 20.5. The third-order valence-electron chi connectivity index (χ3n) is 13.0. The van der Waals surface area contributed by atoms with Crippen molar-refractivity contribution in [1.82, 2.24) is 0 Å². The Balaban J connectivity index is 4.47. The quantitative estimate of drug-likeness (QED) is 0.0261. The molecule has 0 N–H and O–H groups in total. The van der Waals surface area contributed by atoms with E-state index >= 15 is 0 Å². The van der Waals surface area contributed by atoms with Crippen LogP contribution in [0, 0.1) is 0 Å². The normalized spacial score (nSPS) is 12.8. The molecule has 0 saturated carbocycles. The van der Waals surface area contributed by atoms with Gasteiger partial charge in [0.15, 0.2) is 6.10 Å². The summed E-state index contributed by atoms with van der Waals surface area (Å²) in [6, 6.07) is 0. The summed E-state index contributed by atoms with van der Waals surface area (Å²) in [4.78, 5) is 38.3. The average molecular weight is 1000 g/mol. The first-order valence-electron chi connectivity index (χ1n) is 30.3. The van der Waals surface area contributed by atoms with Crippen molar-refractivity contribution in [3.63, 3.8) is 0 Å². The van der Waals surface area contributed by atoms with Gasteiger partial charge in [0, 0.05) is 19.3 Å². The minimum Gasteiger partial charge on any atom is -0.462 e. The molecule has 6 nitrogen and oxygen atoms in total. The molecule has 0 amide bonds. The second-order valence-electron chi connectivity index (χ2n) is 20.1. The van der Waals surface area contributed by atoms with Crippen molar-refractivity contribution < 1.29 is 28.6 Å². The minimum absolute atomic E-state index is 0.0929. The van der Waals surface area contributed by atoms with Gasteiger partial charge >= 0.3 is 17.9 Å². The number of hydrogen-bond donors (Lipinski definition) is 0. The van der Waals surface area contributed by atoms with E-state index in [4.69, 9.17) is 14.2 Å². The summed E-state index contributed by atoms with van der Waals surface area (Å²) in [5.74, 6) is -0.930. The van der Waals surface area contributed by atoms with Gasteiger partial charge in [-0.15, -0.1) is 0 Å². The van der Waals surface area contributed by atoms with Crippen molar-refractivity contribution in [2.45, 2.75) is 290 Å². The van der Waals surface area contributed by atoms with Crippen LogP contribution in [0.25, 0.3) is 0 Å². The van der Waals surface area contributed by atoms with Crippen LogP contribution in [0.15, 0.2) is 97.2 Å². The molecule has 0 aromatic carbocycles. The van der Waals surface area contributed by atoms with E-state index in [0.717, 1.165) is 109 Å². The molecule has 0 fully saturated rings. The van der Waals surface area contributed by atoms with E-state index in [1.165, 1.54) is 135 Å². The Bertz CT molecular complexity index is 1430. The molecule has 0 aliphatic heterocycles. The van der Waals surface area contributed by atoms with Gasteiger partial charge in [-0.2, -0.15) is 0 Å². The van der Waals surface area contributed by atoms with Gasteiger partial charge in [-0.05, 0) is 64.2 Å². The zero-order valence-corrected chi connectivity index (χ0v) is 47.2. The monoisotopic (exact) mass is 1000 g/mol. The van der Waals surface area contributed by atoms with Gasteiger partial charge in [-0.25, -0.2) is 0 Å². The van der Waals surface area contributed by atoms with E-state index in [0.29, 0.717) is 19.3 Å². The average Bonchev–Trinajstić information content (AvgIpc) is 3.38. The summed E-state index contributed by atoms with van der Waals surface area (Å²) >= 11 is 0. The Labute approximate surface area is 445 Å². The molecule has 0 rings (SSSR count). The number of unbranched alkanes of at least 4 members (excludes halogenated alkanes) is 33. The molecule has 0 aliphatic rings. The molecule has 6 heteroatoms. The number of hydrogen-bond acceptors (Lipinski definition) is 6. The van der Waals surface area contributed by atoms with Crippen LogP contribution in [0.4, 0.5) is 0 Å². The molecular formula is C66H112O6. The van der Waals surface area contributed by atoms with Crippen molar-refractivity contribution in [3.8, 4) is 0 Å². The van der Waals surface area contributed by atoms with Crippen LogP contribution in [0.1, 0.15) is 284 Å². The Morgan fingerprint density at radius 2 is 0.528 bits per heavy atom. The molecule has 0 spiro atoms. The lowest BCUT2D eigenvalue weighted by Crippen LogP contribution is -2.30.